The van der Waals surface area contributed by atoms with Crippen molar-refractivity contribution >= 4 is 35.1 Å². The van der Waals surface area contributed by atoms with E-state index in [2.05, 4.69) is 5.32 Å². The zero-order chi connectivity index (χ0) is 23.6. The minimum atomic E-state index is -1.05. The summed E-state index contributed by atoms with van der Waals surface area (Å²) < 4.78 is 5.93. The molecule has 33 heavy (non-hydrogen) atoms. The average molecular weight is 491 g/mol. The van der Waals surface area contributed by atoms with Crippen molar-refractivity contribution in [2.24, 2.45) is 5.41 Å². The van der Waals surface area contributed by atoms with Crippen molar-refractivity contribution in [1.29, 1.82) is 0 Å². The number of nitrogens with zero attached hydrogens (tertiary/aromatic N) is 1. The number of carbonyl (C=O) groups is 2. The Morgan fingerprint density at radius 1 is 1.18 bits per heavy atom. The van der Waals surface area contributed by atoms with Crippen LogP contribution in [0.1, 0.15) is 42.9 Å². The SMILES string of the molecule is C[C@]1(CC(=O)O)C[C@H](c2cccc(Cl)c2)[C@@H](c2ccc(Cl)cc2)N(C[C@@H]2CNCCO2)C1=O. The molecule has 2 fully saturated rings. The van der Waals surface area contributed by atoms with Crippen LogP contribution in [0.5, 0.6) is 0 Å². The third kappa shape index (κ3) is 5.35. The Morgan fingerprint density at radius 2 is 1.94 bits per heavy atom. The molecule has 0 aliphatic carbocycles. The van der Waals surface area contributed by atoms with Gasteiger partial charge in [-0.15, -0.1) is 0 Å². The van der Waals surface area contributed by atoms with Gasteiger partial charge in [-0.3, -0.25) is 9.59 Å². The second-order valence-corrected chi connectivity index (χ2v) is 10.0. The molecule has 4 rings (SSSR count). The second-order valence-electron chi connectivity index (χ2n) is 9.15. The van der Waals surface area contributed by atoms with Gasteiger partial charge in [-0.05, 0) is 41.8 Å². The molecular weight excluding hydrogens is 463 g/mol. The molecule has 176 valence electrons. The zero-order valence-electron chi connectivity index (χ0n) is 18.5. The lowest BCUT2D eigenvalue weighted by molar-refractivity contribution is -0.160. The maximum absolute atomic E-state index is 13.9. The number of carboxylic acid groups (broad SMARTS) is 1. The minimum absolute atomic E-state index is 0.150. The van der Waals surface area contributed by atoms with Gasteiger partial charge >= 0.3 is 5.97 Å². The molecule has 6 nitrogen and oxygen atoms in total. The van der Waals surface area contributed by atoms with Gasteiger partial charge in [0.25, 0.3) is 0 Å². The van der Waals surface area contributed by atoms with Crippen LogP contribution in [-0.4, -0.2) is 54.2 Å². The van der Waals surface area contributed by atoms with E-state index in [1.54, 1.807) is 6.92 Å². The predicted molar refractivity (Wildman–Crippen MR) is 128 cm³/mol. The van der Waals surface area contributed by atoms with Crippen molar-refractivity contribution in [3.8, 4) is 0 Å². The van der Waals surface area contributed by atoms with E-state index in [1.165, 1.54) is 0 Å². The number of hydrogen-bond donors (Lipinski definition) is 2. The number of hydrogen-bond acceptors (Lipinski definition) is 4. The molecule has 2 heterocycles. The highest BCUT2D eigenvalue weighted by Crippen LogP contribution is 2.51. The molecule has 1 amide bonds. The average Bonchev–Trinajstić information content (AvgIpc) is 2.78. The lowest BCUT2D eigenvalue weighted by atomic mass is 9.67. The van der Waals surface area contributed by atoms with E-state index in [4.69, 9.17) is 27.9 Å². The summed E-state index contributed by atoms with van der Waals surface area (Å²) in [5, 5.41) is 14.2. The van der Waals surface area contributed by atoms with E-state index in [-0.39, 0.29) is 30.4 Å². The smallest absolute Gasteiger partial charge is 0.304 e. The standard InChI is InChI=1S/C25H28Cl2N2O4/c1-25(13-22(30)31)12-21(17-3-2-4-19(27)11-17)23(16-5-7-18(26)8-6-16)29(24(25)32)15-20-14-28-9-10-33-20/h2-8,11,20-21,23,28H,9-10,12-15H2,1H3,(H,30,31)/t20-,21+,23+,25+/m0/s1. The Bertz CT molecular complexity index is 1010. The first-order valence-electron chi connectivity index (χ1n) is 11.1. The van der Waals surface area contributed by atoms with Crippen molar-refractivity contribution in [2.75, 3.05) is 26.2 Å². The van der Waals surface area contributed by atoms with Gasteiger partial charge in [-0.1, -0.05) is 54.4 Å². The van der Waals surface area contributed by atoms with Crippen LogP contribution in [0.3, 0.4) is 0 Å². The molecule has 2 saturated heterocycles. The van der Waals surface area contributed by atoms with Gasteiger partial charge in [0.1, 0.15) is 0 Å². The maximum atomic E-state index is 13.9. The number of nitrogens with one attached hydrogen (secondary N) is 1. The summed E-state index contributed by atoms with van der Waals surface area (Å²) in [6.07, 6.45) is -0.0209. The van der Waals surface area contributed by atoms with E-state index in [1.807, 2.05) is 53.4 Å². The molecule has 4 atom stereocenters. The molecule has 2 aliphatic heterocycles. The van der Waals surface area contributed by atoms with Crippen molar-refractivity contribution in [1.82, 2.24) is 10.2 Å². The number of ether oxygens (including phenoxy) is 1. The number of carbonyl (C=O) groups excluding carboxylic acids is 1. The van der Waals surface area contributed by atoms with Gasteiger partial charge in [0.15, 0.2) is 0 Å². The highest BCUT2D eigenvalue weighted by atomic mass is 35.5. The monoisotopic (exact) mass is 490 g/mol. The number of carboxylic acids is 1. The van der Waals surface area contributed by atoms with Crippen LogP contribution in [0, 0.1) is 5.41 Å². The van der Waals surface area contributed by atoms with Gasteiger partial charge in [0.2, 0.25) is 5.91 Å². The summed E-state index contributed by atoms with van der Waals surface area (Å²) in [7, 11) is 0. The van der Waals surface area contributed by atoms with Crippen molar-refractivity contribution in [3.05, 3.63) is 69.7 Å². The van der Waals surface area contributed by atoms with Crippen LogP contribution >= 0.6 is 23.2 Å². The molecule has 2 aliphatic rings. The highest BCUT2D eigenvalue weighted by molar-refractivity contribution is 6.30. The first-order valence-corrected chi connectivity index (χ1v) is 11.9. The van der Waals surface area contributed by atoms with Crippen LogP contribution in [0.2, 0.25) is 10.0 Å². The fourth-order valence-corrected chi connectivity index (χ4v) is 5.44. The van der Waals surface area contributed by atoms with Crippen molar-refractivity contribution < 1.29 is 19.4 Å². The summed E-state index contributed by atoms with van der Waals surface area (Å²) in [6.45, 7) is 4.10. The van der Waals surface area contributed by atoms with Gasteiger partial charge in [0.05, 0.1) is 30.6 Å². The number of aliphatic carboxylic acids is 1. The first-order chi connectivity index (χ1) is 15.8. The Balaban J connectivity index is 1.82. The summed E-state index contributed by atoms with van der Waals surface area (Å²) in [5.74, 6) is -1.31. The van der Waals surface area contributed by atoms with Crippen molar-refractivity contribution in [2.45, 2.75) is 37.8 Å². The summed E-state index contributed by atoms with van der Waals surface area (Å²) >= 11 is 12.5. The fourth-order valence-electron chi connectivity index (χ4n) is 5.12. The van der Waals surface area contributed by atoms with Crippen LogP contribution in [0.15, 0.2) is 48.5 Å². The lowest BCUT2D eigenvalue weighted by Gasteiger charge is -2.50. The Labute approximate surface area is 203 Å². The Morgan fingerprint density at radius 3 is 2.58 bits per heavy atom. The second kappa shape index (κ2) is 10.0. The molecule has 2 N–H and O–H groups in total. The molecule has 0 saturated carbocycles. The van der Waals surface area contributed by atoms with E-state index >= 15 is 0 Å². The quantitative estimate of drug-likeness (QED) is 0.622. The Kier molecular flexibility index (Phi) is 7.29. The number of halogens is 2. The third-order valence-corrected chi connectivity index (χ3v) is 7.09. The summed E-state index contributed by atoms with van der Waals surface area (Å²) in [5.41, 5.74) is 0.863. The number of piperidine rings is 1. The van der Waals surface area contributed by atoms with E-state index in [0.29, 0.717) is 36.2 Å². The number of morpholine rings is 1. The largest absolute Gasteiger partial charge is 0.481 e. The summed E-state index contributed by atoms with van der Waals surface area (Å²) in [6, 6.07) is 14.8. The summed E-state index contributed by atoms with van der Waals surface area (Å²) in [4.78, 5) is 27.5. The normalized spacial score (nSPS) is 28.0. The fraction of sp³-hybridized carbons (Fsp3) is 0.440. The lowest BCUT2D eigenvalue weighted by Crippen LogP contribution is -2.56. The molecule has 0 radical (unpaired) electrons. The topological polar surface area (TPSA) is 78.9 Å². The number of likely N-dealkylation sites (tertiary alicyclic amines) is 1. The van der Waals surface area contributed by atoms with E-state index < -0.39 is 11.4 Å². The molecule has 2 aromatic rings. The number of benzene rings is 2. The van der Waals surface area contributed by atoms with E-state index in [9.17, 15) is 14.7 Å². The van der Waals surface area contributed by atoms with Gasteiger partial charge in [0, 0.05) is 35.6 Å². The highest BCUT2D eigenvalue weighted by Gasteiger charge is 2.51. The van der Waals surface area contributed by atoms with Gasteiger partial charge < -0.3 is 20.1 Å². The molecule has 0 spiro atoms. The van der Waals surface area contributed by atoms with Crippen LogP contribution < -0.4 is 5.32 Å². The minimum Gasteiger partial charge on any atom is -0.481 e. The zero-order valence-corrected chi connectivity index (χ0v) is 20.0. The van der Waals surface area contributed by atoms with E-state index in [0.717, 1.165) is 17.7 Å². The Hall–Kier alpha value is -2.12. The third-order valence-electron chi connectivity index (χ3n) is 6.60. The van der Waals surface area contributed by atoms with Crippen LogP contribution in [-0.2, 0) is 14.3 Å². The van der Waals surface area contributed by atoms with Gasteiger partial charge in [-0.25, -0.2) is 0 Å². The maximum Gasteiger partial charge on any atom is 0.304 e. The molecule has 0 bridgehead atoms. The predicted octanol–water partition coefficient (Wildman–Crippen LogP) is 4.52. The molecule has 8 heteroatoms. The molecule has 2 aromatic carbocycles. The molecular formula is C25H28Cl2N2O4. The first kappa shape index (κ1) is 24.0. The van der Waals surface area contributed by atoms with Gasteiger partial charge in [-0.2, -0.15) is 0 Å². The van der Waals surface area contributed by atoms with Crippen molar-refractivity contribution in [3.63, 3.8) is 0 Å². The molecule has 0 unspecified atom stereocenters. The molecule has 0 aromatic heterocycles. The number of amides is 1. The number of rotatable bonds is 6. The van der Waals surface area contributed by atoms with Crippen LogP contribution in [0.25, 0.3) is 0 Å². The van der Waals surface area contributed by atoms with Crippen LogP contribution in [0.4, 0.5) is 0 Å².